The number of hydrogen-bond acceptors (Lipinski definition) is 4. The Morgan fingerprint density at radius 1 is 1.38 bits per heavy atom. The Bertz CT molecular complexity index is 842. The first-order valence-electron chi connectivity index (χ1n) is 8.73. The van der Waals surface area contributed by atoms with E-state index in [9.17, 15) is 9.59 Å². The summed E-state index contributed by atoms with van der Waals surface area (Å²) >= 11 is 0. The molecule has 2 bridgehead atoms. The van der Waals surface area contributed by atoms with Gasteiger partial charge in [0.2, 0.25) is 0 Å². The summed E-state index contributed by atoms with van der Waals surface area (Å²) in [6.07, 6.45) is 7.27. The molecule has 2 aliphatic carbocycles. The van der Waals surface area contributed by atoms with Gasteiger partial charge in [-0.3, -0.25) is 14.0 Å². The second kappa shape index (κ2) is 6.04. The van der Waals surface area contributed by atoms with Gasteiger partial charge in [-0.15, -0.1) is 0 Å². The quantitative estimate of drug-likeness (QED) is 0.811. The van der Waals surface area contributed by atoms with Crippen LogP contribution in [0.1, 0.15) is 43.4 Å². The zero-order valence-corrected chi connectivity index (χ0v) is 13.9. The molecule has 4 rings (SSSR count). The molecule has 2 fully saturated rings. The summed E-state index contributed by atoms with van der Waals surface area (Å²) < 4.78 is 6.90. The van der Waals surface area contributed by atoms with Gasteiger partial charge >= 0.3 is 5.97 Å². The first-order valence-corrected chi connectivity index (χ1v) is 8.73. The summed E-state index contributed by atoms with van der Waals surface area (Å²) in [4.78, 5) is 28.7. The minimum Gasteiger partial charge on any atom is -0.459 e. The fourth-order valence-electron chi connectivity index (χ4n) is 4.44. The Hall–Kier alpha value is -2.17. The van der Waals surface area contributed by atoms with Crippen molar-refractivity contribution in [3.63, 3.8) is 0 Å². The van der Waals surface area contributed by atoms with Crippen LogP contribution in [-0.2, 0) is 16.1 Å². The van der Waals surface area contributed by atoms with E-state index in [4.69, 9.17) is 4.74 Å². The molecule has 0 unspecified atom stereocenters. The third-order valence-electron chi connectivity index (χ3n) is 5.63. The van der Waals surface area contributed by atoms with Crippen LogP contribution in [0.4, 0.5) is 0 Å². The molecule has 24 heavy (non-hydrogen) atoms. The van der Waals surface area contributed by atoms with Crippen LogP contribution in [0.3, 0.4) is 0 Å². The first-order chi connectivity index (χ1) is 11.6. The normalized spacial score (nSPS) is 25.3. The summed E-state index contributed by atoms with van der Waals surface area (Å²) in [7, 11) is 0. The van der Waals surface area contributed by atoms with Crippen LogP contribution in [0.5, 0.6) is 0 Å². The number of pyridine rings is 1. The summed E-state index contributed by atoms with van der Waals surface area (Å²) in [5, 5.41) is 0. The van der Waals surface area contributed by atoms with Crippen molar-refractivity contribution in [1.82, 2.24) is 9.38 Å². The lowest BCUT2D eigenvalue weighted by Crippen LogP contribution is -2.19. The summed E-state index contributed by atoms with van der Waals surface area (Å²) in [5.74, 6) is 1.87. The van der Waals surface area contributed by atoms with E-state index in [1.165, 1.54) is 36.2 Å². The maximum atomic E-state index is 12.1. The van der Waals surface area contributed by atoms with Crippen molar-refractivity contribution in [3.05, 3.63) is 46.0 Å². The van der Waals surface area contributed by atoms with E-state index in [1.54, 1.807) is 6.20 Å². The van der Waals surface area contributed by atoms with Gasteiger partial charge in [0.1, 0.15) is 12.3 Å². The number of fused-ring (bicyclic) bond motifs is 3. The van der Waals surface area contributed by atoms with Crippen LogP contribution in [0, 0.1) is 24.7 Å². The lowest BCUT2D eigenvalue weighted by atomic mass is 9.86. The minimum absolute atomic E-state index is 0.0692. The Labute approximate surface area is 140 Å². The smallest absolute Gasteiger partial charge is 0.306 e. The molecule has 0 spiro atoms. The average Bonchev–Trinajstić information content (AvgIpc) is 3.17. The van der Waals surface area contributed by atoms with E-state index in [-0.39, 0.29) is 18.1 Å². The molecule has 2 heterocycles. The molecule has 2 aliphatic rings. The van der Waals surface area contributed by atoms with E-state index in [0.29, 0.717) is 29.6 Å². The topological polar surface area (TPSA) is 60.7 Å². The van der Waals surface area contributed by atoms with E-state index in [1.807, 2.05) is 19.1 Å². The maximum absolute atomic E-state index is 12.1. The summed E-state index contributed by atoms with van der Waals surface area (Å²) in [6, 6.07) is 5.17. The Morgan fingerprint density at radius 2 is 2.25 bits per heavy atom. The van der Waals surface area contributed by atoms with Gasteiger partial charge in [0, 0.05) is 18.7 Å². The molecule has 0 saturated heterocycles. The highest BCUT2D eigenvalue weighted by Crippen LogP contribution is 2.49. The number of esters is 1. The van der Waals surface area contributed by atoms with Crippen molar-refractivity contribution >= 4 is 11.6 Å². The summed E-state index contributed by atoms with van der Waals surface area (Å²) in [5.41, 5.74) is 1.90. The van der Waals surface area contributed by atoms with E-state index >= 15 is 0 Å². The lowest BCUT2D eigenvalue weighted by molar-refractivity contribution is -0.146. The molecule has 0 aliphatic heterocycles. The lowest BCUT2D eigenvalue weighted by Gasteiger charge is -2.20. The van der Waals surface area contributed by atoms with Gasteiger partial charge < -0.3 is 4.74 Å². The SMILES string of the molecule is Cc1cccn2c(=O)cc(COC(=O)C[C@H]3C[C@H]4CC[C@@H]3C4)nc12. The number of rotatable bonds is 4. The third kappa shape index (κ3) is 2.83. The maximum Gasteiger partial charge on any atom is 0.306 e. The largest absolute Gasteiger partial charge is 0.459 e. The van der Waals surface area contributed by atoms with Crippen LogP contribution in [0.2, 0.25) is 0 Å². The van der Waals surface area contributed by atoms with Crippen LogP contribution >= 0.6 is 0 Å². The van der Waals surface area contributed by atoms with Crippen LogP contribution in [0.25, 0.3) is 5.65 Å². The second-order valence-electron chi connectivity index (χ2n) is 7.27. The molecule has 2 saturated carbocycles. The highest BCUT2D eigenvalue weighted by atomic mass is 16.5. The fraction of sp³-hybridized carbons (Fsp3) is 0.526. The molecule has 0 N–H and O–H groups in total. The van der Waals surface area contributed by atoms with Gasteiger partial charge in [0.15, 0.2) is 0 Å². The van der Waals surface area contributed by atoms with Crippen LogP contribution in [0.15, 0.2) is 29.2 Å². The average molecular weight is 326 g/mol. The standard InChI is InChI=1S/C19H22N2O3/c1-12-3-2-6-21-17(22)10-16(20-19(12)21)11-24-18(23)9-15-8-13-4-5-14(15)7-13/h2-3,6,10,13-15H,4-5,7-9,11H2,1H3/t13-,14+,15+/m0/s1. The molecule has 0 amide bonds. The molecule has 2 aromatic rings. The van der Waals surface area contributed by atoms with Crippen molar-refractivity contribution in [1.29, 1.82) is 0 Å². The van der Waals surface area contributed by atoms with Gasteiger partial charge in [-0.25, -0.2) is 4.98 Å². The van der Waals surface area contributed by atoms with Gasteiger partial charge in [0.25, 0.3) is 5.56 Å². The number of nitrogens with zero attached hydrogens (tertiary/aromatic N) is 2. The number of carbonyl (C=O) groups is 1. The van der Waals surface area contributed by atoms with E-state index in [2.05, 4.69) is 4.98 Å². The van der Waals surface area contributed by atoms with Crippen molar-refractivity contribution in [2.75, 3.05) is 0 Å². The third-order valence-corrected chi connectivity index (χ3v) is 5.63. The predicted octanol–water partition coefficient (Wildman–Crippen LogP) is 2.87. The molecular formula is C19H22N2O3. The van der Waals surface area contributed by atoms with Crippen molar-refractivity contribution in [3.8, 4) is 0 Å². The highest BCUT2D eigenvalue weighted by molar-refractivity contribution is 5.69. The number of carbonyl (C=O) groups excluding carboxylic acids is 1. The zero-order chi connectivity index (χ0) is 16.7. The van der Waals surface area contributed by atoms with Gasteiger partial charge in [-0.05, 0) is 55.6 Å². The van der Waals surface area contributed by atoms with E-state index in [0.717, 1.165) is 11.5 Å². The van der Waals surface area contributed by atoms with Crippen LogP contribution < -0.4 is 5.56 Å². The Kier molecular flexibility index (Phi) is 3.87. The number of aryl methyl sites for hydroxylation is 1. The van der Waals surface area contributed by atoms with Gasteiger partial charge in [0.05, 0.1) is 5.69 Å². The molecule has 2 aromatic heterocycles. The van der Waals surface area contributed by atoms with Crippen molar-refractivity contribution < 1.29 is 9.53 Å². The van der Waals surface area contributed by atoms with Crippen LogP contribution in [-0.4, -0.2) is 15.4 Å². The summed E-state index contributed by atoms with van der Waals surface area (Å²) in [6.45, 7) is 1.98. The van der Waals surface area contributed by atoms with Crippen molar-refractivity contribution in [2.24, 2.45) is 17.8 Å². The number of ether oxygens (including phenoxy) is 1. The molecule has 5 nitrogen and oxygen atoms in total. The molecule has 126 valence electrons. The molecule has 3 atom stereocenters. The number of aromatic nitrogens is 2. The van der Waals surface area contributed by atoms with E-state index < -0.39 is 0 Å². The fourth-order valence-corrected chi connectivity index (χ4v) is 4.44. The molecule has 5 heteroatoms. The van der Waals surface area contributed by atoms with Gasteiger partial charge in [-0.2, -0.15) is 0 Å². The Morgan fingerprint density at radius 3 is 3.00 bits per heavy atom. The second-order valence-corrected chi connectivity index (χ2v) is 7.27. The molecule has 0 radical (unpaired) electrons. The monoisotopic (exact) mass is 326 g/mol. The molecule has 0 aromatic carbocycles. The Balaban J connectivity index is 1.42. The zero-order valence-electron chi connectivity index (χ0n) is 13.9. The number of hydrogen-bond donors (Lipinski definition) is 0. The molecular weight excluding hydrogens is 304 g/mol. The highest BCUT2D eigenvalue weighted by Gasteiger charge is 2.40. The first kappa shape index (κ1) is 15.4. The minimum atomic E-state index is -0.167. The predicted molar refractivity (Wildman–Crippen MR) is 89.6 cm³/mol. The van der Waals surface area contributed by atoms with Crippen molar-refractivity contribution in [2.45, 2.75) is 45.6 Å². The van der Waals surface area contributed by atoms with Gasteiger partial charge in [-0.1, -0.05) is 12.5 Å².